The van der Waals surface area contributed by atoms with Gasteiger partial charge in [0, 0.05) is 23.9 Å². The van der Waals surface area contributed by atoms with E-state index in [2.05, 4.69) is 4.98 Å². The summed E-state index contributed by atoms with van der Waals surface area (Å²) in [5, 5.41) is 0. The van der Waals surface area contributed by atoms with Crippen LogP contribution in [0.3, 0.4) is 0 Å². The molecule has 4 fully saturated rings. The van der Waals surface area contributed by atoms with Crippen molar-refractivity contribution >= 4 is 23.5 Å². The molecule has 6 heteroatoms. The smallest absolute Gasteiger partial charge is 0.231 e. The second kappa shape index (κ2) is 12.5. The maximum Gasteiger partial charge on any atom is 0.231 e. The van der Waals surface area contributed by atoms with Crippen LogP contribution in [0.5, 0.6) is 0 Å². The molecular weight excluding hydrogens is 448 g/mol. The lowest BCUT2D eigenvalue weighted by molar-refractivity contribution is -0.124. The van der Waals surface area contributed by atoms with Gasteiger partial charge >= 0.3 is 0 Å². The summed E-state index contributed by atoms with van der Waals surface area (Å²) in [5.74, 6) is 2.04. The van der Waals surface area contributed by atoms with E-state index in [0.717, 1.165) is 77.0 Å². The van der Waals surface area contributed by atoms with E-state index in [-0.39, 0.29) is 35.7 Å². The molecule has 0 aromatic carbocycles. The van der Waals surface area contributed by atoms with Crippen LogP contribution in [0, 0.1) is 11.8 Å². The molecule has 0 spiro atoms. The lowest BCUT2D eigenvalue weighted by Crippen LogP contribution is -2.47. The fourth-order valence-electron chi connectivity index (χ4n) is 7.31. The van der Waals surface area contributed by atoms with Crippen LogP contribution in [0.25, 0.3) is 0 Å². The molecule has 1 aromatic rings. The summed E-state index contributed by atoms with van der Waals surface area (Å²) in [6.07, 6.45) is 25.9. The minimum atomic E-state index is 0.101. The van der Waals surface area contributed by atoms with Crippen LogP contribution in [0.2, 0.25) is 0 Å². The van der Waals surface area contributed by atoms with Crippen molar-refractivity contribution in [3.05, 3.63) is 12.4 Å². The maximum atomic E-state index is 13.9. The largest absolute Gasteiger partial charge is 0.292 e. The van der Waals surface area contributed by atoms with E-state index < -0.39 is 0 Å². The maximum absolute atomic E-state index is 13.9. The van der Waals surface area contributed by atoms with Crippen LogP contribution in [0.15, 0.2) is 12.4 Å². The van der Waals surface area contributed by atoms with E-state index in [1.54, 1.807) is 12.4 Å². The normalized spacial score (nSPS) is 23.3. The Balaban J connectivity index is 1.46. The number of amides is 2. The second-order valence-corrected chi connectivity index (χ2v) is 11.9. The van der Waals surface area contributed by atoms with Gasteiger partial charge in [-0.05, 0) is 51.4 Å². The number of nitrogens with zero attached hydrogens (tertiary/aromatic N) is 4. The molecule has 5 rings (SSSR count). The fraction of sp³-hybridized carbons (Fsp3) is 0.800. The molecule has 0 atom stereocenters. The van der Waals surface area contributed by atoms with Crippen LogP contribution < -0.4 is 9.80 Å². The van der Waals surface area contributed by atoms with Crippen molar-refractivity contribution in [2.24, 2.45) is 11.8 Å². The lowest BCUT2D eigenvalue weighted by Gasteiger charge is -2.38. The zero-order valence-corrected chi connectivity index (χ0v) is 22.2. The quantitative estimate of drug-likeness (QED) is 0.428. The summed E-state index contributed by atoms with van der Waals surface area (Å²) in [4.78, 5) is 41.7. The standard InChI is InChI=1S/C30H46N4O2/c35-29(23-13-5-1-6-14-23)33(25-17-9-3-10-18-25)27-21-31-22-28(32-27)34(26-19-11-4-12-20-26)30(36)24-15-7-2-8-16-24/h21-26H,1-20H2. The number of aromatic nitrogens is 2. The van der Waals surface area contributed by atoms with Gasteiger partial charge in [-0.2, -0.15) is 0 Å². The van der Waals surface area contributed by atoms with Gasteiger partial charge in [0.25, 0.3) is 0 Å². The van der Waals surface area contributed by atoms with Gasteiger partial charge in [0.05, 0.1) is 12.4 Å². The first-order valence-electron chi connectivity index (χ1n) is 15.2. The van der Waals surface area contributed by atoms with Crippen LogP contribution in [-0.4, -0.2) is 33.9 Å². The Labute approximate surface area is 217 Å². The third-order valence-corrected chi connectivity index (χ3v) is 9.37. The van der Waals surface area contributed by atoms with Crippen molar-refractivity contribution in [2.75, 3.05) is 9.80 Å². The molecule has 1 heterocycles. The van der Waals surface area contributed by atoms with Crippen molar-refractivity contribution in [1.29, 1.82) is 0 Å². The van der Waals surface area contributed by atoms with E-state index >= 15 is 0 Å². The van der Waals surface area contributed by atoms with Gasteiger partial charge in [0.2, 0.25) is 11.8 Å². The molecule has 6 nitrogen and oxygen atoms in total. The van der Waals surface area contributed by atoms with Gasteiger partial charge in [0.15, 0.2) is 11.6 Å². The SMILES string of the molecule is O=C(C1CCCCC1)N(c1cncc(N(C(=O)C2CCCCC2)C2CCCCC2)n1)C1CCCCC1. The van der Waals surface area contributed by atoms with Gasteiger partial charge < -0.3 is 0 Å². The van der Waals surface area contributed by atoms with E-state index in [9.17, 15) is 9.59 Å². The zero-order valence-electron chi connectivity index (χ0n) is 22.2. The number of hydrogen-bond acceptors (Lipinski definition) is 4. The molecule has 0 unspecified atom stereocenters. The summed E-state index contributed by atoms with van der Waals surface area (Å²) in [7, 11) is 0. The Bertz CT molecular complexity index is 798. The summed E-state index contributed by atoms with van der Waals surface area (Å²) in [5.41, 5.74) is 0. The Morgan fingerprint density at radius 1 is 0.528 bits per heavy atom. The molecule has 36 heavy (non-hydrogen) atoms. The number of hydrogen-bond donors (Lipinski definition) is 0. The monoisotopic (exact) mass is 494 g/mol. The Morgan fingerprint density at radius 2 is 0.861 bits per heavy atom. The van der Waals surface area contributed by atoms with Crippen molar-refractivity contribution in [3.63, 3.8) is 0 Å². The average Bonchev–Trinajstić information content (AvgIpc) is 2.96. The van der Waals surface area contributed by atoms with E-state index in [1.807, 2.05) is 9.80 Å². The molecule has 0 aliphatic heterocycles. The molecule has 2 amide bonds. The first-order valence-corrected chi connectivity index (χ1v) is 15.2. The molecule has 4 aliphatic carbocycles. The van der Waals surface area contributed by atoms with Crippen molar-refractivity contribution in [3.8, 4) is 0 Å². The minimum Gasteiger partial charge on any atom is -0.292 e. The summed E-state index contributed by atoms with van der Waals surface area (Å²) >= 11 is 0. The Kier molecular flexibility index (Phi) is 8.92. The second-order valence-electron chi connectivity index (χ2n) is 11.9. The first-order chi connectivity index (χ1) is 17.7. The number of carbonyl (C=O) groups is 2. The highest BCUT2D eigenvalue weighted by atomic mass is 16.2. The number of carbonyl (C=O) groups excluding carboxylic acids is 2. The zero-order chi connectivity index (χ0) is 24.7. The molecular formula is C30H46N4O2. The summed E-state index contributed by atoms with van der Waals surface area (Å²) in [6, 6.07) is 0.407. The Morgan fingerprint density at radius 3 is 1.22 bits per heavy atom. The first kappa shape index (κ1) is 25.7. The van der Waals surface area contributed by atoms with Crippen LogP contribution in [0.4, 0.5) is 11.6 Å². The predicted octanol–water partition coefficient (Wildman–Crippen LogP) is 6.97. The van der Waals surface area contributed by atoms with Crippen LogP contribution in [-0.2, 0) is 9.59 Å². The highest BCUT2D eigenvalue weighted by molar-refractivity contribution is 5.97. The lowest BCUT2D eigenvalue weighted by atomic mass is 9.86. The summed E-state index contributed by atoms with van der Waals surface area (Å²) in [6.45, 7) is 0. The molecule has 1 aromatic heterocycles. The topological polar surface area (TPSA) is 66.4 Å². The van der Waals surface area contributed by atoms with E-state index in [1.165, 1.54) is 51.4 Å². The van der Waals surface area contributed by atoms with Gasteiger partial charge in [-0.3, -0.25) is 24.4 Å². The van der Waals surface area contributed by atoms with Crippen molar-refractivity contribution in [2.45, 2.75) is 141 Å². The van der Waals surface area contributed by atoms with Gasteiger partial charge in [-0.15, -0.1) is 0 Å². The van der Waals surface area contributed by atoms with Crippen molar-refractivity contribution < 1.29 is 9.59 Å². The van der Waals surface area contributed by atoms with Crippen LogP contribution >= 0.6 is 0 Å². The molecule has 4 aliphatic rings. The van der Waals surface area contributed by atoms with Gasteiger partial charge in [0.1, 0.15) is 0 Å². The van der Waals surface area contributed by atoms with Gasteiger partial charge in [-0.25, -0.2) is 4.98 Å². The van der Waals surface area contributed by atoms with Crippen molar-refractivity contribution in [1.82, 2.24) is 9.97 Å². The van der Waals surface area contributed by atoms with E-state index in [0.29, 0.717) is 11.6 Å². The Hall–Kier alpha value is -1.98. The van der Waals surface area contributed by atoms with E-state index in [4.69, 9.17) is 4.98 Å². The molecule has 0 bridgehead atoms. The fourth-order valence-corrected chi connectivity index (χ4v) is 7.31. The highest BCUT2D eigenvalue weighted by Gasteiger charge is 2.36. The van der Waals surface area contributed by atoms with Crippen LogP contribution in [0.1, 0.15) is 128 Å². The highest BCUT2D eigenvalue weighted by Crippen LogP contribution is 2.35. The molecule has 4 saturated carbocycles. The molecule has 0 radical (unpaired) electrons. The third-order valence-electron chi connectivity index (χ3n) is 9.37. The number of rotatable bonds is 6. The third kappa shape index (κ3) is 5.94. The predicted molar refractivity (Wildman–Crippen MR) is 144 cm³/mol. The summed E-state index contributed by atoms with van der Waals surface area (Å²) < 4.78 is 0. The molecule has 198 valence electrons. The molecule has 0 N–H and O–H groups in total. The van der Waals surface area contributed by atoms with Gasteiger partial charge in [-0.1, -0.05) is 77.0 Å². The average molecular weight is 495 g/mol. The number of anilines is 2. The minimum absolute atomic E-state index is 0.101. The molecule has 0 saturated heterocycles.